The third kappa shape index (κ3) is 3.01. The number of esters is 1. The van der Waals surface area contributed by atoms with Crippen LogP contribution in [0, 0.1) is 28.6 Å². The highest BCUT2D eigenvalue weighted by Gasteiger charge is 2.78. The van der Waals surface area contributed by atoms with Gasteiger partial charge in [0.2, 0.25) is 5.12 Å². The molecule has 34 heavy (non-hydrogen) atoms. The average Bonchev–Trinajstić information content (AvgIpc) is 2.99. The van der Waals surface area contributed by atoms with Crippen molar-refractivity contribution in [2.75, 3.05) is 6.01 Å². The highest BCUT2D eigenvalue weighted by Crippen LogP contribution is 2.72. The molecule has 0 aliphatic heterocycles. The van der Waals surface area contributed by atoms with Crippen LogP contribution in [-0.4, -0.2) is 51.5 Å². The number of alkyl halides is 3. The summed E-state index contributed by atoms with van der Waals surface area (Å²) in [5.74, 6) is -3.30. The molecule has 5 nitrogen and oxygen atoms in total. The van der Waals surface area contributed by atoms with Crippen molar-refractivity contribution in [2.24, 2.45) is 28.6 Å². The van der Waals surface area contributed by atoms with Gasteiger partial charge in [0.1, 0.15) is 12.2 Å². The fourth-order valence-corrected chi connectivity index (χ4v) is 8.42. The molecule has 0 bridgehead atoms. The van der Waals surface area contributed by atoms with E-state index in [4.69, 9.17) is 4.74 Å². The zero-order valence-corrected chi connectivity index (χ0v) is 20.6. The molecule has 0 spiro atoms. The number of rotatable bonds is 4. The number of ketones is 1. The van der Waals surface area contributed by atoms with Gasteiger partial charge in [-0.1, -0.05) is 26.8 Å². The standard InChI is InChI=1S/C25H31F3O5S/c1-5-20(31)33-25(21(32)34-12-26)13(2)8-15-16-10-18(27)17-9-14(29)6-7-22(17,3)24(16,28)19(30)11-23(15,25)4/h6-7,9,13,15-16,18-19,30H,5,8,10-12H2,1-4H3/t13-,15+,16-,18+,19+,22-,23-,24+,25+/m1/s1. The number of halogens is 3. The molecule has 0 aromatic heterocycles. The Balaban J connectivity index is 1.87. The molecule has 0 heterocycles. The first kappa shape index (κ1) is 25.5. The molecule has 0 radical (unpaired) electrons. The van der Waals surface area contributed by atoms with Crippen LogP contribution in [0.25, 0.3) is 0 Å². The SMILES string of the molecule is CCC(=O)O[C@]1(C(=O)SCF)[C@H](C)C[C@H]2[C@H]3C[C@H](F)C4=CC(=O)C=C[C@@]4(C)[C@@]3(F)[C@@H](O)C[C@]21C. The molecule has 0 saturated heterocycles. The summed E-state index contributed by atoms with van der Waals surface area (Å²) in [6.45, 7) is 6.45. The highest BCUT2D eigenvalue weighted by molar-refractivity contribution is 8.13. The van der Waals surface area contributed by atoms with Crippen LogP contribution < -0.4 is 0 Å². The van der Waals surface area contributed by atoms with Gasteiger partial charge in [0.05, 0.1) is 6.10 Å². The molecule has 4 aliphatic rings. The first-order valence-corrected chi connectivity index (χ1v) is 12.7. The van der Waals surface area contributed by atoms with E-state index in [1.54, 1.807) is 20.8 Å². The summed E-state index contributed by atoms with van der Waals surface area (Å²) in [7, 11) is 0. The molecule has 188 valence electrons. The van der Waals surface area contributed by atoms with Crippen molar-refractivity contribution in [3.05, 3.63) is 23.8 Å². The van der Waals surface area contributed by atoms with Crippen molar-refractivity contribution in [3.63, 3.8) is 0 Å². The number of ether oxygens (including phenoxy) is 1. The smallest absolute Gasteiger partial charge is 0.306 e. The largest absolute Gasteiger partial charge is 0.449 e. The van der Waals surface area contributed by atoms with E-state index < -0.39 is 75.0 Å². The van der Waals surface area contributed by atoms with E-state index in [1.165, 1.54) is 19.1 Å². The molecule has 9 atom stereocenters. The van der Waals surface area contributed by atoms with Crippen LogP contribution in [0.1, 0.15) is 53.4 Å². The molecule has 4 aliphatic carbocycles. The van der Waals surface area contributed by atoms with Gasteiger partial charge < -0.3 is 9.84 Å². The Bertz CT molecular complexity index is 984. The van der Waals surface area contributed by atoms with Gasteiger partial charge in [-0.2, -0.15) is 0 Å². The second kappa shape index (κ2) is 8.22. The predicted octanol–water partition coefficient (Wildman–Crippen LogP) is 4.43. The summed E-state index contributed by atoms with van der Waals surface area (Å²) in [5.41, 5.74) is -6.84. The highest BCUT2D eigenvalue weighted by atomic mass is 32.2. The number of allylic oxidation sites excluding steroid dienone is 4. The molecule has 3 fully saturated rings. The zero-order valence-electron chi connectivity index (χ0n) is 19.8. The number of hydrogen-bond acceptors (Lipinski definition) is 6. The second-order valence-corrected chi connectivity index (χ2v) is 11.5. The Morgan fingerprint density at radius 1 is 1.26 bits per heavy atom. The Labute approximate surface area is 201 Å². The van der Waals surface area contributed by atoms with Crippen LogP contribution in [0.2, 0.25) is 0 Å². The van der Waals surface area contributed by atoms with Crippen LogP contribution in [0.4, 0.5) is 13.2 Å². The number of hydrogen-bond donors (Lipinski definition) is 1. The van der Waals surface area contributed by atoms with Crippen LogP contribution >= 0.6 is 11.8 Å². The molecule has 0 aromatic rings. The minimum atomic E-state index is -2.30. The topological polar surface area (TPSA) is 80.7 Å². The van der Waals surface area contributed by atoms with Crippen LogP contribution in [0.5, 0.6) is 0 Å². The molecule has 0 unspecified atom stereocenters. The predicted molar refractivity (Wildman–Crippen MR) is 121 cm³/mol. The molecule has 0 amide bonds. The minimum absolute atomic E-state index is 0.0141. The van der Waals surface area contributed by atoms with Gasteiger partial charge in [-0.15, -0.1) is 0 Å². The fourth-order valence-electron chi connectivity index (χ4n) is 7.63. The van der Waals surface area contributed by atoms with Crippen molar-refractivity contribution >= 4 is 28.6 Å². The molecule has 4 rings (SSSR count). The number of carbonyl (C=O) groups is 3. The van der Waals surface area contributed by atoms with E-state index in [9.17, 15) is 23.9 Å². The summed E-state index contributed by atoms with van der Waals surface area (Å²) < 4.78 is 51.8. The summed E-state index contributed by atoms with van der Waals surface area (Å²) in [6.07, 6.45) is 0.160. The number of aliphatic hydroxyl groups is 1. The molecule has 1 N–H and O–H groups in total. The van der Waals surface area contributed by atoms with Crippen LogP contribution in [0.15, 0.2) is 23.8 Å². The van der Waals surface area contributed by atoms with Gasteiger partial charge in [0.15, 0.2) is 17.1 Å². The van der Waals surface area contributed by atoms with Gasteiger partial charge in [0.25, 0.3) is 0 Å². The average molecular weight is 501 g/mol. The summed E-state index contributed by atoms with van der Waals surface area (Å²) >= 11 is 0.396. The fraction of sp³-hybridized carbons (Fsp3) is 0.720. The third-order valence-electron chi connectivity index (χ3n) is 9.22. The minimum Gasteiger partial charge on any atom is -0.449 e. The zero-order chi connectivity index (χ0) is 25.3. The van der Waals surface area contributed by atoms with E-state index in [1.807, 2.05) is 0 Å². The normalized spacial score (nSPS) is 47.4. The van der Waals surface area contributed by atoms with Crippen LogP contribution in [0.3, 0.4) is 0 Å². The first-order chi connectivity index (χ1) is 15.8. The molecule has 9 heteroatoms. The van der Waals surface area contributed by atoms with Gasteiger partial charge in [-0.25, -0.2) is 13.2 Å². The summed E-state index contributed by atoms with van der Waals surface area (Å²) in [4.78, 5) is 37.8. The number of thioether (sulfide) groups is 1. The Morgan fingerprint density at radius 2 is 1.94 bits per heavy atom. The van der Waals surface area contributed by atoms with E-state index in [2.05, 4.69) is 0 Å². The van der Waals surface area contributed by atoms with Gasteiger partial charge in [-0.05, 0) is 61.6 Å². The maximum atomic E-state index is 17.2. The maximum Gasteiger partial charge on any atom is 0.306 e. The van der Waals surface area contributed by atoms with Crippen molar-refractivity contribution in [3.8, 4) is 0 Å². The monoisotopic (exact) mass is 500 g/mol. The quantitative estimate of drug-likeness (QED) is 0.576. The van der Waals surface area contributed by atoms with Crippen molar-refractivity contribution in [1.29, 1.82) is 0 Å². The van der Waals surface area contributed by atoms with Crippen LogP contribution in [-0.2, 0) is 19.1 Å². The Hall–Kier alpha value is -1.61. The van der Waals surface area contributed by atoms with Gasteiger partial charge in [-0.3, -0.25) is 14.4 Å². The van der Waals surface area contributed by atoms with E-state index in [0.717, 1.165) is 6.08 Å². The van der Waals surface area contributed by atoms with E-state index in [-0.39, 0.29) is 31.3 Å². The number of aliphatic hydroxyl groups excluding tert-OH is 1. The van der Waals surface area contributed by atoms with Crippen molar-refractivity contribution < 1.29 is 37.4 Å². The second-order valence-electron chi connectivity index (χ2n) is 10.6. The Morgan fingerprint density at radius 3 is 2.56 bits per heavy atom. The number of carbonyl (C=O) groups excluding carboxylic acids is 3. The summed E-state index contributed by atoms with van der Waals surface area (Å²) in [5, 5.41) is 10.7. The molecule has 3 saturated carbocycles. The van der Waals surface area contributed by atoms with E-state index in [0.29, 0.717) is 11.8 Å². The Kier molecular flexibility index (Phi) is 6.16. The van der Waals surface area contributed by atoms with Crippen molar-refractivity contribution in [1.82, 2.24) is 0 Å². The summed E-state index contributed by atoms with van der Waals surface area (Å²) in [6, 6.07) is -1.02. The molecular formula is C25H31F3O5S. The van der Waals surface area contributed by atoms with Crippen molar-refractivity contribution in [2.45, 2.75) is 76.9 Å². The van der Waals surface area contributed by atoms with E-state index >= 15 is 8.78 Å². The van der Waals surface area contributed by atoms with Gasteiger partial charge in [0, 0.05) is 29.1 Å². The lowest BCUT2D eigenvalue weighted by Crippen LogP contribution is -2.70. The van der Waals surface area contributed by atoms with Gasteiger partial charge >= 0.3 is 5.97 Å². The molecular weight excluding hydrogens is 469 g/mol. The maximum absolute atomic E-state index is 17.2. The first-order valence-electron chi connectivity index (χ1n) is 11.7. The lowest BCUT2D eigenvalue weighted by molar-refractivity contribution is -0.228. The molecule has 0 aromatic carbocycles. The lowest BCUT2D eigenvalue weighted by atomic mass is 9.44. The third-order valence-corrected chi connectivity index (χ3v) is 9.90. The lowest BCUT2D eigenvalue weighted by Gasteiger charge is -2.63. The number of fused-ring (bicyclic) bond motifs is 5.